The summed E-state index contributed by atoms with van der Waals surface area (Å²) < 4.78 is 184. The van der Waals surface area contributed by atoms with Crippen LogP contribution < -0.4 is 0 Å². The molecule has 2 atom stereocenters. The van der Waals surface area contributed by atoms with E-state index in [9.17, 15) is 66.6 Å². The summed E-state index contributed by atoms with van der Waals surface area (Å²) in [5.74, 6) is -43.0. The molecule has 0 saturated heterocycles. The van der Waals surface area contributed by atoms with E-state index in [1.807, 2.05) is 0 Å². The van der Waals surface area contributed by atoms with Crippen LogP contribution in [0.15, 0.2) is 24.3 Å². The van der Waals surface area contributed by atoms with Gasteiger partial charge < -0.3 is 5.11 Å². The molecule has 0 aliphatic rings. The number of halogens is 14. The molecule has 0 aliphatic carbocycles. The lowest BCUT2D eigenvalue weighted by Crippen LogP contribution is -2.71. The van der Waals surface area contributed by atoms with Crippen LogP contribution in [0.1, 0.15) is 18.6 Å². The molecule has 0 bridgehead atoms. The summed E-state index contributed by atoms with van der Waals surface area (Å²) >= 11 is 0. The van der Waals surface area contributed by atoms with Crippen LogP contribution in [0.5, 0.6) is 0 Å². The molecule has 30 heavy (non-hydrogen) atoms. The van der Waals surface area contributed by atoms with Gasteiger partial charge in [0.25, 0.3) is 0 Å². The zero-order valence-corrected chi connectivity index (χ0v) is 14.2. The summed E-state index contributed by atoms with van der Waals surface area (Å²) in [6, 6.07) is 2.83. The Kier molecular flexibility index (Phi) is 6.48. The lowest BCUT2D eigenvalue weighted by atomic mass is 9.83. The predicted molar refractivity (Wildman–Crippen MR) is 71.3 cm³/mol. The first kappa shape index (κ1) is 26.2. The third kappa shape index (κ3) is 3.58. The molecular formula is C15H10F14O. The summed E-state index contributed by atoms with van der Waals surface area (Å²) in [6.45, 7) is -0.152. The fourth-order valence-electron chi connectivity index (χ4n) is 2.25. The summed E-state index contributed by atoms with van der Waals surface area (Å²) in [5, 5.41) is 9.61. The number of rotatable bonds is 7. The van der Waals surface area contributed by atoms with Crippen molar-refractivity contribution in [3.63, 3.8) is 0 Å². The quantitative estimate of drug-likeness (QED) is 0.467. The smallest absolute Gasteiger partial charge is 0.388 e. The fourth-order valence-corrected chi connectivity index (χ4v) is 2.25. The minimum absolute atomic E-state index is 0.152. The Bertz CT molecular complexity index is 754. The van der Waals surface area contributed by atoms with Crippen molar-refractivity contribution < 1.29 is 66.6 Å². The molecule has 0 fully saturated rings. The van der Waals surface area contributed by atoms with Crippen molar-refractivity contribution in [2.75, 3.05) is 0 Å². The van der Waals surface area contributed by atoms with Crippen LogP contribution in [0.3, 0.4) is 0 Å². The van der Waals surface area contributed by atoms with Gasteiger partial charge >= 0.3 is 35.8 Å². The van der Waals surface area contributed by atoms with Crippen LogP contribution in [0.2, 0.25) is 0 Å². The summed E-state index contributed by atoms with van der Waals surface area (Å²) in [5.41, 5.74) is -1.18. The minimum atomic E-state index is -8.03. The molecule has 0 aliphatic heterocycles. The van der Waals surface area contributed by atoms with Crippen LogP contribution in [-0.2, 0) is 0 Å². The van der Waals surface area contributed by atoms with Crippen molar-refractivity contribution >= 4 is 0 Å². The molecule has 0 saturated carbocycles. The van der Waals surface area contributed by atoms with Crippen molar-refractivity contribution in [3.05, 3.63) is 35.6 Å². The van der Waals surface area contributed by atoms with E-state index in [0.29, 0.717) is 12.1 Å². The zero-order valence-electron chi connectivity index (χ0n) is 14.2. The highest BCUT2D eigenvalue weighted by atomic mass is 19.4. The number of aliphatic hydroxyl groups excluding tert-OH is 1. The number of alkyl halides is 13. The molecule has 1 N–H and O–H groups in total. The second-order valence-electron chi connectivity index (χ2n) is 6.17. The molecule has 0 heterocycles. The van der Waals surface area contributed by atoms with Gasteiger partial charge in [-0.05, 0) is 6.07 Å². The number of hydrogen-bond acceptors (Lipinski definition) is 1. The van der Waals surface area contributed by atoms with E-state index < -0.39 is 59.2 Å². The molecule has 1 aromatic carbocycles. The van der Waals surface area contributed by atoms with Crippen molar-refractivity contribution in [2.45, 2.75) is 48.8 Å². The Balaban J connectivity index is 3.50. The van der Waals surface area contributed by atoms with Crippen LogP contribution in [-0.4, -0.2) is 40.9 Å². The minimum Gasteiger partial charge on any atom is -0.388 e. The van der Waals surface area contributed by atoms with Gasteiger partial charge in [0.05, 0.1) is 12.0 Å². The van der Waals surface area contributed by atoms with E-state index in [4.69, 9.17) is 0 Å². The third-order valence-electron chi connectivity index (χ3n) is 4.23. The lowest BCUT2D eigenvalue weighted by molar-refractivity contribution is -0.444. The van der Waals surface area contributed by atoms with Crippen molar-refractivity contribution in [1.29, 1.82) is 0 Å². The zero-order chi connectivity index (χ0) is 24.1. The van der Waals surface area contributed by atoms with Crippen LogP contribution in [0.25, 0.3) is 0 Å². The average molecular weight is 472 g/mol. The average Bonchev–Trinajstić information content (AvgIpc) is 2.59. The first-order valence-electron chi connectivity index (χ1n) is 7.47. The Morgan fingerprint density at radius 3 is 1.47 bits per heavy atom. The fraction of sp³-hybridized carbons (Fsp3) is 0.600. The predicted octanol–water partition coefficient (Wildman–Crippen LogP) is 6.23. The first-order valence-corrected chi connectivity index (χ1v) is 7.47. The van der Waals surface area contributed by atoms with Crippen LogP contribution in [0.4, 0.5) is 61.5 Å². The van der Waals surface area contributed by atoms with E-state index in [1.165, 1.54) is 0 Å². The number of hydrogen-bond donors (Lipinski definition) is 1. The summed E-state index contributed by atoms with van der Waals surface area (Å²) in [7, 11) is 0. The molecule has 1 rings (SSSR count). The van der Waals surface area contributed by atoms with Gasteiger partial charge in [0, 0.05) is 5.56 Å². The highest BCUT2D eigenvalue weighted by Gasteiger charge is 2.91. The monoisotopic (exact) mass is 472 g/mol. The standard InChI is InChI=1S/C15H10F14O/c1-6(9(30)7-4-2-3-5-8(7)16)10(17,18)11(19,20)12(21,22)13(23,24)14(25,26)15(27,28)29/h2-6,9,30H,1H3. The SMILES string of the molecule is CC(C(O)c1ccccc1F)C(F)(F)C(F)(F)C(F)(F)C(F)(F)C(F)(F)C(F)(F)F. The molecule has 0 amide bonds. The lowest BCUT2D eigenvalue weighted by Gasteiger charge is -2.42. The number of benzene rings is 1. The highest BCUT2D eigenvalue weighted by molar-refractivity contribution is 5.22. The van der Waals surface area contributed by atoms with Crippen LogP contribution >= 0.6 is 0 Å². The highest BCUT2D eigenvalue weighted by Crippen LogP contribution is 2.61. The Labute approximate surface area is 158 Å². The van der Waals surface area contributed by atoms with Crippen molar-refractivity contribution in [2.24, 2.45) is 5.92 Å². The Morgan fingerprint density at radius 1 is 0.667 bits per heavy atom. The van der Waals surface area contributed by atoms with Crippen molar-refractivity contribution in [3.8, 4) is 0 Å². The second-order valence-corrected chi connectivity index (χ2v) is 6.17. The topological polar surface area (TPSA) is 20.2 Å². The van der Waals surface area contributed by atoms with E-state index in [0.717, 1.165) is 12.1 Å². The van der Waals surface area contributed by atoms with Gasteiger partial charge in [-0.1, -0.05) is 25.1 Å². The first-order chi connectivity index (χ1) is 13.1. The molecule has 2 unspecified atom stereocenters. The van der Waals surface area contributed by atoms with Gasteiger partial charge in [-0.25, -0.2) is 4.39 Å². The van der Waals surface area contributed by atoms with E-state index in [1.54, 1.807) is 0 Å². The molecule has 1 nitrogen and oxygen atoms in total. The maximum atomic E-state index is 14.0. The van der Waals surface area contributed by atoms with E-state index in [-0.39, 0.29) is 6.92 Å². The molecule has 15 heteroatoms. The number of aliphatic hydroxyl groups is 1. The van der Waals surface area contributed by atoms with Crippen molar-refractivity contribution in [1.82, 2.24) is 0 Å². The summed E-state index contributed by atoms with van der Waals surface area (Å²) in [4.78, 5) is 0. The Hall–Kier alpha value is -1.80. The Morgan fingerprint density at radius 2 is 1.07 bits per heavy atom. The van der Waals surface area contributed by atoms with Gasteiger partial charge in [0.1, 0.15) is 5.82 Å². The van der Waals surface area contributed by atoms with Gasteiger partial charge in [-0.2, -0.15) is 57.1 Å². The largest absolute Gasteiger partial charge is 0.460 e. The molecular weight excluding hydrogens is 462 g/mol. The van der Waals surface area contributed by atoms with Crippen LogP contribution in [0, 0.1) is 11.7 Å². The summed E-state index contributed by atoms with van der Waals surface area (Å²) in [6.07, 6.45) is -10.6. The third-order valence-corrected chi connectivity index (χ3v) is 4.23. The van der Waals surface area contributed by atoms with Gasteiger partial charge in [0.2, 0.25) is 0 Å². The molecule has 0 aromatic heterocycles. The second kappa shape index (κ2) is 7.41. The van der Waals surface area contributed by atoms with Gasteiger partial charge in [-0.15, -0.1) is 0 Å². The molecule has 174 valence electrons. The molecule has 0 spiro atoms. The van der Waals surface area contributed by atoms with Gasteiger partial charge in [0.15, 0.2) is 0 Å². The normalized spacial score (nSPS) is 17.1. The van der Waals surface area contributed by atoms with E-state index in [2.05, 4.69) is 0 Å². The maximum Gasteiger partial charge on any atom is 0.460 e. The maximum absolute atomic E-state index is 14.0. The molecule has 0 radical (unpaired) electrons. The van der Waals surface area contributed by atoms with Gasteiger partial charge in [-0.3, -0.25) is 0 Å². The van der Waals surface area contributed by atoms with E-state index >= 15 is 0 Å². The molecule has 1 aromatic rings.